The first-order chi connectivity index (χ1) is 16.1. The molecule has 1 amide bonds. The molecule has 0 aliphatic carbocycles. The molecule has 1 aromatic carbocycles. The molecule has 2 aromatic rings. The van der Waals surface area contributed by atoms with Crippen LogP contribution in [0.3, 0.4) is 0 Å². The highest BCUT2D eigenvalue weighted by molar-refractivity contribution is 5.73. The van der Waals surface area contributed by atoms with E-state index in [2.05, 4.69) is 34.7 Å². The van der Waals surface area contributed by atoms with Gasteiger partial charge in [0.15, 0.2) is 5.82 Å². The number of benzene rings is 1. The highest BCUT2D eigenvalue weighted by atomic mass is 16.5. The molecule has 1 unspecified atom stereocenters. The van der Waals surface area contributed by atoms with Crippen molar-refractivity contribution in [2.24, 2.45) is 0 Å². The molecule has 8 nitrogen and oxygen atoms in total. The fourth-order valence-corrected chi connectivity index (χ4v) is 3.89. The molecule has 3 N–H and O–H groups in total. The van der Waals surface area contributed by atoms with Crippen LogP contribution in [0.25, 0.3) is 11.3 Å². The highest BCUT2D eigenvalue weighted by Crippen LogP contribution is 2.36. The van der Waals surface area contributed by atoms with Gasteiger partial charge in [-0.05, 0) is 43.4 Å². The zero-order chi connectivity index (χ0) is 24.1. The number of amides is 1. The molecule has 0 fully saturated rings. The Bertz CT molecular complexity index is 876. The van der Waals surface area contributed by atoms with Gasteiger partial charge in [-0.1, -0.05) is 33.1 Å². The van der Waals surface area contributed by atoms with Gasteiger partial charge in [0.1, 0.15) is 17.2 Å². The third-order valence-electron chi connectivity index (χ3n) is 5.77. The van der Waals surface area contributed by atoms with Crippen LogP contribution in [0.5, 0.6) is 11.5 Å². The van der Waals surface area contributed by atoms with Gasteiger partial charge in [-0.15, -0.1) is 10.2 Å². The maximum atomic E-state index is 11.2. The summed E-state index contributed by atoms with van der Waals surface area (Å²) in [5.41, 5.74) is 2.98. The fraction of sp³-hybridized carbons (Fsp3) is 0.560. The van der Waals surface area contributed by atoms with Crippen molar-refractivity contribution in [3.05, 3.63) is 29.3 Å². The van der Waals surface area contributed by atoms with Gasteiger partial charge in [-0.2, -0.15) is 0 Å². The number of aromatic nitrogens is 2. The number of rotatable bonds is 16. The minimum absolute atomic E-state index is 0.0673. The minimum atomic E-state index is 0.0673. The van der Waals surface area contributed by atoms with Crippen molar-refractivity contribution in [2.75, 3.05) is 26.1 Å². The first-order valence-corrected chi connectivity index (χ1v) is 11.8. The molecule has 0 bridgehead atoms. The monoisotopic (exact) mass is 458 g/mol. The van der Waals surface area contributed by atoms with Crippen molar-refractivity contribution in [3.63, 3.8) is 0 Å². The van der Waals surface area contributed by atoms with Crippen molar-refractivity contribution >= 4 is 12.2 Å². The number of phenolic OH excluding ortho intramolecular Hbond substituents is 1. The molecule has 0 aliphatic rings. The number of phenols is 1. The normalized spacial score (nSPS) is 11.8. The van der Waals surface area contributed by atoms with Crippen LogP contribution in [0.15, 0.2) is 18.2 Å². The molecule has 33 heavy (non-hydrogen) atoms. The molecular weight excluding hydrogens is 420 g/mol. The van der Waals surface area contributed by atoms with E-state index in [4.69, 9.17) is 9.47 Å². The van der Waals surface area contributed by atoms with Crippen molar-refractivity contribution in [1.82, 2.24) is 15.5 Å². The van der Waals surface area contributed by atoms with Gasteiger partial charge in [0.05, 0.1) is 7.11 Å². The number of unbranched alkanes of at least 4 members (excludes halogenated alkanes) is 2. The third-order valence-corrected chi connectivity index (χ3v) is 5.77. The highest BCUT2D eigenvalue weighted by Gasteiger charge is 2.21. The molecule has 8 heteroatoms. The van der Waals surface area contributed by atoms with Crippen LogP contribution >= 0.6 is 0 Å². The molecular formula is C25H38N4O4. The first kappa shape index (κ1) is 26.4. The number of carbonyl (C=O) groups is 1. The van der Waals surface area contributed by atoms with Gasteiger partial charge < -0.3 is 25.2 Å². The average molecular weight is 459 g/mol. The molecule has 0 radical (unpaired) electrons. The Morgan fingerprint density at radius 3 is 2.58 bits per heavy atom. The van der Waals surface area contributed by atoms with Gasteiger partial charge in [0.2, 0.25) is 6.41 Å². The van der Waals surface area contributed by atoms with Crippen LogP contribution in [-0.2, 0) is 22.5 Å². The largest absolute Gasteiger partial charge is 0.507 e. The van der Waals surface area contributed by atoms with Gasteiger partial charge in [0.25, 0.3) is 0 Å². The lowest BCUT2D eigenvalue weighted by Crippen LogP contribution is -2.23. The SMILES string of the molecule is CCCCCC(CC)Nc1nnc(-c2ccc(OC)cc2O)c(CCCOC)c1CNC=O. The van der Waals surface area contributed by atoms with Crippen molar-refractivity contribution in [2.45, 2.75) is 71.4 Å². The van der Waals surface area contributed by atoms with Gasteiger partial charge in [-0.3, -0.25) is 4.79 Å². The number of nitrogens with zero attached hydrogens (tertiary/aromatic N) is 2. The summed E-state index contributed by atoms with van der Waals surface area (Å²) in [4.78, 5) is 11.2. The topological polar surface area (TPSA) is 106 Å². The standard InChI is InChI=1S/C25H38N4O4/c1-5-7-8-10-18(6-2)27-25-22(16-26-17-30)20(11-9-14-32-3)24(28-29-25)21-13-12-19(33-4)15-23(21)31/h12-13,15,17-18,31H,5-11,14,16H2,1-4H3,(H,26,30)(H,27,29). The van der Waals surface area contributed by atoms with E-state index in [1.807, 2.05) is 0 Å². The Kier molecular flexibility index (Phi) is 11.4. The molecule has 0 saturated heterocycles. The second kappa shape index (κ2) is 14.3. The Morgan fingerprint density at radius 1 is 1.12 bits per heavy atom. The number of methoxy groups -OCH3 is 2. The summed E-state index contributed by atoms with van der Waals surface area (Å²) in [7, 11) is 3.23. The molecule has 0 saturated carbocycles. The van der Waals surface area contributed by atoms with Crippen molar-refractivity contribution in [1.29, 1.82) is 0 Å². The van der Waals surface area contributed by atoms with Crippen molar-refractivity contribution < 1.29 is 19.4 Å². The van der Waals surface area contributed by atoms with E-state index in [9.17, 15) is 9.90 Å². The zero-order valence-electron chi connectivity index (χ0n) is 20.3. The van der Waals surface area contributed by atoms with Crippen LogP contribution in [-0.4, -0.2) is 48.6 Å². The molecule has 1 aromatic heterocycles. The maximum absolute atomic E-state index is 11.2. The second-order valence-corrected chi connectivity index (χ2v) is 8.08. The summed E-state index contributed by atoms with van der Waals surface area (Å²) in [6.45, 7) is 5.26. The van der Waals surface area contributed by atoms with Crippen LogP contribution in [0.1, 0.15) is 63.5 Å². The van der Waals surface area contributed by atoms with Crippen LogP contribution in [0.4, 0.5) is 5.82 Å². The Balaban J connectivity index is 2.52. The van der Waals surface area contributed by atoms with Crippen molar-refractivity contribution in [3.8, 4) is 22.8 Å². The smallest absolute Gasteiger partial charge is 0.207 e. The summed E-state index contributed by atoms with van der Waals surface area (Å²) in [6, 6.07) is 5.40. The van der Waals surface area contributed by atoms with Gasteiger partial charge in [-0.25, -0.2) is 0 Å². The zero-order valence-corrected chi connectivity index (χ0v) is 20.3. The summed E-state index contributed by atoms with van der Waals surface area (Å²) in [5, 5.41) is 26.0. The quantitative estimate of drug-likeness (QED) is 0.252. The summed E-state index contributed by atoms with van der Waals surface area (Å²) < 4.78 is 10.5. The predicted molar refractivity (Wildman–Crippen MR) is 131 cm³/mol. The lowest BCUT2D eigenvalue weighted by atomic mass is 9.96. The number of hydrogen-bond donors (Lipinski definition) is 3. The average Bonchev–Trinajstić information content (AvgIpc) is 2.83. The van der Waals surface area contributed by atoms with Crippen LogP contribution in [0, 0.1) is 0 Å². The Hall–Kier alpha value is -2.87. The van der Waals surface area contributed by atoms with E-state index in [1.165, 1.54) is 12.8 Å². The Morgan fingerprint density at radius 2 is 1.94 bits per heavy atom. The molecule has 1 heterocycles. The summed E-state index contributed by atoms with van der Waals surface area (Å²) in [5.74, 6) is 1.30. The summed E-state index contributed by atoms with van der Waals surface area (Å²) >= 11 is 0. The van der Waals surface area contributed by atoms with Gasteiger partial charge in [0, 0.05) is 43.5 Å². The van der Waals surface area contributed by atoms with E-state index in [1.54, 1.807) is 32.4 Å². The molecule has 0 spiro atoms. The van der Waals surface area contributed by atoms with E-state index < -0.39 is 0 Å². The van der Waals surface area contributed by atoms with E-state index in [-0.39, 0.29) is 11.8 Å². The number of nitrogens with one attached hydrogen (secondary N) is 2. The van der Waals surface area contributed by atoms with Gasteiger partial charge >= 0.3 is 0 Å². The first-order valence-electron chi connectivity index (χ1n) is 11.8. The molecule has 1 atom stereocenters. The predicted octanol–water partition coefficient (Wildman–Crippen LogP) is 4.45. The number of ether oxygens (including phenoxy) is 2. The molecule has 2 rings (SSSR count). The molecule has 0 aliphatic heterocycles. The lowest BCUT2D eigenvalue weighted by molar-refractivity contribution is -0.109. The number of carbonyl (C=O) groups excluding carboxylic acids is 1. The number of hydrogen-bond acceptors (Lipinski definition) is 7. The molecule has 182 valence electrons. The number of aromatic hydroxyl groups is 1. The van der Waals surface area contributed by atoms with Crippen LogP contribution in [0.2, 0.25) is 0 Å². The second-order valence-electron chi connectivity index (χ2n) is 8.08. The number of anilines is 1. The van der Waals surface area contributed by atoms with E-state index in [0.29, 0.717) is 48.8 Å². The fourth-order valence-electron chi connectivity index (χ4n) is 3.89. The van der Waals surface area contributed by atoms with Crippen LogP contribution < -0.4 is 15.4 Å². The third kappa shape index (κ3) is 7.60. The minimum Gasteiger partial charge on any atom is -0.507 e. The lowest BCUT2D eigenvalue weighted by Gasteiger charge is -2.22. The van der Waals surface area contributed by atoms with E-state index in [0.717, 1.165) is 36.8 Å². The maximum Gasteiger partial charge on any atom is 0.207 e. The summed E-state index contributed by atoms with van der Waals surface area (Å²) in [6.07, 6.45) is 7.66. The Labute approximate surface area is 197 Å². The van der Waals surface area contributed by atoms with E-state index >= 15 is 0 Å².